The van der Waals surface area contributed by atoms with E-state index in [1.54, 1.807) is 12.1 Å². The van der Waals surface area contributed by atoms with Crippen LogP contribution in [0.5, 0.6) is 5.75 Å². The van der Waals surface area contributed by atoms with Crippen LogP contribution >= 0.6 is 11.3 Å². The van der Waals surface area contributed by atoms with Crippen molar-refractivity contribution in [3.63, 3.8) is 0 Å². The highest BCUT2D eigenvalue weighted by Crippen LogP contribution is 2.29. The van der Waals surface area contributed by atoms with Gasteiger partial charge < -0.3 is 9.47 Å². The number of benzene rings is 1. The van der Waals surface area contributed by atoms with Crippen molar-refractivity contribution in [2.75, 3.05) is 18.5 Å². The molecular weight excluding hydrogens is 342 g/mol. The van der Waals surface area contributed by atoms with E-state index in [0.717, 1.165) is 16.0 Å². The Bertz CT molecular complexity index is 895. The first-order valence-electron chi connectivity index (χ1n) is 7.57. The maximum absolute atomic E-state index is 11.9. The molecule has 0 aliphatic rings. The predicted molar refractivity (Wildman–Crippen MR) is 93.9 cm³/mol. The number of nitrogens with zero attached hydrogens (tertiary/aromatic N) is 2. The number of esters is 1. The smallest absolute Gasteiger partial charge is 0.357 e. The van der Waals surface area contributed by atoms with Crippen LogP contribution in [0.4, 0.5) is 5.13 Å². The zero-order valence-corrected chi connectivity index (χ0v) is 14.2. The molecule has 1 N–H and O–H groups in total. The molecule has 3 aromatic rings. The Morgan fingerprint density at radius 2 is 2.12 bits per heavy atom. The minimum atomic E-state index is -0.651. The van der Waals surface area contributed by atoms with Gasteiger partial charge in [-0.2, -0.15) is 0 Å². The molecule has 0 saturated heterocycles. The van der Waals surface area contributed by atoms with E-state index in [4.69, 9.17) is 9.47 Å². The van der Waals surface area contributed by atoms with Crippen molar-refractivity contribution >= 4 is 38.6 Å². The molecule has 0 unspecified atom stereocenters. The quantitative estimate of drug-likeness (QED) is 0.682. The van der Waals surface area contributed by atoms with Crippen molar-refractivity contribution in [1.82, 2.24) is 9.97 Å². The van der Waals surface area contributed by atoms with Crippen LogP contribution in [0, 0.1) is 0 Å². The summed E-state index contributed by atoms with van der Waals surface area (Å²) in [6.45, 7) is 2.08. The summed E-state index contributed by atoms with van der Waals surface area (Å²) in [6, 6.07) is 10.4. The van der Waals surface area contributed by atoms with Crippen LogP contribution < -0.4 is 10.1 Å². The normalized spacial score (nSPS) is 10.4. The number of pyridine rings is 1. The number of nitrogens with one attached hydrogen (secondary N) is 1. The number of aromatic nitrogens is 2. The molecule has 1 amide bonds. The van der Waals surface area contributed by atoms with Crippen LogP contribution in [0.15, 0.2) is 42.6 Å². The molecule has 1 aromatic carbocycles. The van der Waals surface area contributed by atoms with E-state index >= 15 is 0 Å². The van der Waals surface area contributed by atoms with Crippen molar-refractivity contribution in [3.8, 4) is 5.75 Å². The van der Waals surface area contributed by atoms with E-state index in [-0.39, 0.29) is 5.69 Å². The summed E-state index contributed by atoms with van der Waals surface area (Å²) in [6.07, 6.45) is 1.48. The third-order valence-electron chi connectivity index (χ3n) is 3.13. The van der Waals surface area contributed by atoms with E-state index < -0.39 is 18.5 Å². The number of ether oxygens (including phenoxy) is 2. The monoisotopic (exact) mass is 357 g/mol. The van der Waals surface area contributed by atoms with Gasteiger partial charge in [-0.05, 0) is 37.3 Å². The van der Waals surface area contributed by atoms with Gasteiger partial charge in [0.05, 0.1) is 16.8 Å². The SMILES string of the molecule is CCOc1ccc2nc(NC(=O)COC(=O)c3ccccn3)sc2c1. The predicted octanol–water partition coefficient (Wildman–Crippen LogP) is 2.89. The number of anilines is 1. The van der Waals surface area contributed by atoms with E-state index in [9.17, 15) is 9.59 Å². The summed E-state index contributed by atoms with van der Waals surface area (Å²) in [4.78, 5) is 31.9. The maximum Gasteiger partial charge on any atom is 0.357 e. The molecule has 2 heterocycles. The van der Waals surface area contributed by atoms with Crippen molar-refractivity contribution < 1.29 is 19.1 Å². The highest BCUT2D eigenvalue weighted by atomic mass is 32.1. The number of amides is 1. The van der Waals surface area contributed by atoms with Gasteiger partial charge in [0, 0.05) is 6.20 Å². The zero-order valence-electron chi connectivity index (χ0n) is 13.4. The molecule has 0 aliphatic heterocycles. The molecule has 0 aliphatic carbocycles. The second-order valence-corrected chi connectivity index (χ2v) is 5.95. The third kappa shape index (κ3) is 4.30. The number of carbonyl (C=O) groups is 2. The lowest BCUT2D eigenvalue weighted by atomic mass is 10.3. The highest BCUT2D eigenvalue weighted by Gasteiger charge is 2.13. The van der Waals surface area contributed by atoms with E-state index in [0.29, 0.717) is 11.7 Å². The van der Waals surface area contributed by atoms with Crippen molar-refractivity contribution in [1.29, 1.82) is 0 Å². The Balaban J connectivity index is 1.59. The summed E-state index contributed by atoms with van der Waals surface area (Å²) in [5.41, 5.74) is 0.910. The van der Waals surface area contributed by atoms with Gasteiger partial charge in [-0.15, -0.1) is 0 Å². The van der Waals surface area contributed by atoms with Crippen LogP contribution in [-0.2, 0) is 9.53 Å². The molecule has 0 fully saturated rings. The fraction of sp³-hybridized carbons (Fsp3) is 0.176. The summed E-state index contributed by atoms with van der Waals surface area (Å²) in [5.74, 6) is -0.365. The van der Waals surface area contributed by atoms with Crippen LogP contribution in [0.1, 0.15) is 17.4 Å². The number of hydrogen-bond donors (Lipinski definition) is 1. The average molecular weight is 357 g/mol. The maximum atomic E-state index is 11.9. The molecule has 0 spiro atoms. The standard InChI is InChI=1S/C17H15N3O4S/c1-2-23-11-6-7-12-14(9-11)25-17(19-12)20-15(21)10-24-16(22)13-5-3-4-8-18-13/h3-9H,2,10H2,1H3,(H,19,20,21). The van der Waals surface area contributed by atoms with E-state index in [1.807, 2.05) is 25.1 Å². The number of carbonyl (C=O) groups excluding carboxylic acids is 2. The molecule has 0 atom stereocenters. The molecule has 3 rings (SSSR count). The lowest BCUT2D eigenvalue weighted by molar-refractivity contribution is -0.119. The minimum Gasteiger partial charge on any atom is -0.494 e. The topological polar surface area (TPSA) is 90.4 Å². The average Bonchev–Trinajstić information content (AvgIpc) is 3.02. The van der Waals surface area contributed by atoms with Crippen LogP contribution in [0.2, 0.25) is 0 Å². The number of rotatable bonds is 6. The molecule has 7 nitrogen and oxygen atoms in total. The lowest BCUT2D eigenvalue weighted by Gasteiger charge is -2.03. The Hall–Kier alpha value is -3.00. The zero-order chi connectivity index (χ0) is 17.6. The fourth-order valence-corrected chi connectivity index (χ4v) is 2.97. The molecule has 8 heteroatoms. The van der Waals surface area contributed by atoms with Gasteiger partial charge in [0.1, 0.15) is 11.4 Å². The summed E-state index contributed by atoms with van der Waals surface area (Å²) in [5, 5.41) is 3.05. The number of hydrogen-bond acceptors (Lipinski definition) is 7. The lowest BCUT2D eigenvalue weighted by Crippen LogP contribution is -2.21. The van der Waals surface area contributed by atoms with Gasteiger partial charge >= 0.3 is 5.97 Å². The fourth-order valence-electron chi connectivity index (χ4n) is 2.06. The van der Waals surface area contributed by atoms with Crippen LogP contribution in [0.3, 0.4) is 0 Å². The molecule has 25 heavy (non-hydrogen) atoms. The van der Waals surface area contributed by atoms with Gasteiger partial charge in [0.15, 0.2) is 11.7 Å². The Labute approximate surface area is 147 Å². The third-order valence-corrected chi connectivity index (χ3v) is 4.06. The highest BCUT2D eigenvalue weighted by molar-refractivity contribution is 7.22. The summed E-state index contributed by atoms with van der Waals surface area (Å²) < 4.78 is 11.3. The molecule has 2 aromatic heterocycles. The minimum absolute atomic E-state index is 0.152. The van der Waals surface area contributed by atoms with Crippen molar-refractivity contribution in [2.45, 2.75) is 6.92 Å². The van der Waals surface area contributed by atoms with Crippen LogP contribution in [0.25, 0.3) is 10.2 Å². The van der Waals surface area contributed by atoms with Crippen molar-refractivity contribution in [3.05, 3.63) is 48.3 Å². The second kappa shape index (κ2) is 7.71. The van der Waals surface area contributed by atoms with Crippen molar-refractivity contribution in [2.24, 2.45) is 0 Å². The van der Waals surface area contributed by atoms with Gasteiger partial charge in [0.2, 0.25) is 0 Å². The summed E-state index contributed by atoms with van der Waals surface area (Å²) >= 11 is 1.32. The van der Waals surface area contributed by atoms with Gasteiger partial charge in [-0.1, -0.05) is 17.4 Å². The largest absolute Gasteiger partial charge is 0.494 e. The first-order valence-corrected chi connectivity index (χ1v) is 8.38. The Morgan fingerprint density at radius 1 is 1.24 bits per heavy atom. The molecular formula is C17H15N3O4S. The molecule has 0 radical (unpaired) electrons. The number of thiazole rings is 1. The van der Waals surface area contributed by atoms with E-state index in [1.165, 1.54) is 23.6 Å². The van der Waals surface area contributed by atoms with Gasteiger partial charge in [0.25, 0.3) is 5.91 Å². The Morgan fingerprint density at radius 3 is 2.88 bits per heavy atom. The van der Waals surface area contributed by atoms with Gasteiger partial charge in [-0.25, -0.2) is 14.8 Å². The Kier molecular flexibility index (Phi) is 5.20. The molecule has 0 bridgehead atoms. The van der Waals surface area contributed by atoms with Gasteiger partial charge in [-0.3, -0.25) is 10.1 Å². The number of fused-ring (bicyclic) bond motifs is 1. The second-order valence-electron chi connectivity index (χ2n) is 4.92. The first kappa shape index (κ1) is 16.8. The molecule has 128 valence electrons. The van der Waals surface area contributed by atoms with E-state index in [2.05, 4.69) is 15.3 Å². The summed E-state index contributed by atoms with van der Waals surface area (Å²) in [7, 11) is 0. The van der Waals surface area contributed by atoms with Crippen LogP contribution in [-0.4, -0.2) is 35.1 Å². The first-order chi connectivity index (χ1) is 12.2. The molecule has 0 saturated carbocycles.